The van der Waals surface area contributed by atoms with Gasteiger partial charge in [-0.1, -0.05) is 16.8 Å². The average molecular weight is 242 g/mol. The van der Waals surface area contributed by atoms with Crippen LogP contribution in [-0.2, 0) is 13.1 Å². The Morgan fingerprint density at radius 3 is 2.88 bits per heavy atom. The quantitative estimate of drug-likeness (QED) is 0.846. The van der Waals surface area contributed by atoms with Crippen LogP contribution in [0.3, 0.4) is 0 Å². The van der Waals surface area contributed by atoms with Crippen molar-refractivity contribution in [2.45, 2.75) is 13.1 Å². The fourth-order valence-corrected chi connectivity index (χ4v) is 1.53. The molecular formula is C9H9ClFN5. The third kappa shape index (κ3) is 2.98. The lowest BCUT2D eigenvalue weighted by Gasteiger charge is -2.03. The molecule has 5 nitrogen and oxygen atoms in total. The number of aromatic amines is 1. The van der Waals surface area contributed by atoms with Gasteiger partial charge in [0.05, 0.1) is 6.54 Å². The van der Waals surface area contributed by atoms with Crippen LogP contribution >= 0.6 is 11.6 Å². The lowest BCUT2D eigenvalue weighted by Crippen LogP contribution is -2.13. The number of hydrogen-bond donors (Lipinski definition) is 2. The maximum Gasteiger partial charge on any atom is 0.188 e. The van der Waals surface area contributed by atoms with Crippen LogP contribution < -0.4 is 5.32 Å². The van der Waals surface area contributed by atoms with Crippen molar-refractivity contribution in [1.82, 2.24) is 25.9 Å². The van der Waals surface area contributed by atoms with Crippen LogP contribution in [0.2, 0.25) is 5.02 Å². The predicted molar refractivity (Wildman–Crippen MR) is 56.1 cm³/mol. The maximum atomic E-state index is 13.0. The van der Waals surface area contributed by atoms with E-state index in [1.807, 2.05) is 0 Å². The molecule has 0 saturated carbocycles. The highest BCUT2D eigenvalue weighted by Crippen LogP contribution is 2.13. The van der Waals surface area contributed by atoms with Crippen molar-refractivity contribution in [3.63, 3.8) is 0 Å². The molecule has 0 spiro atoms. The van der Waals surface area contributed by atoms with Gasteiger partial charge in [-0.05, 0) is 23.8 Å². The third-order valence-electron chi connectivity index (χ3n) is 1.92. The number of hydrogen-bond acceptors (Lipinski definition) is 4. The van der Waals surface area contributed by atoms with Crippen LogP contribution in [-0.4, -0.2) is 20.6 Å². The molecule has 0 saturated heterocycles. The van der Waals surface area contributed by atoms with E-state index in [-0.39, 0.29) is 5.82 Å². The van der Waals surface area contributed by atoms with Gasteiger partial charge in [-0.25, -0.2) is 4.39 Å². The van der Waals surface area contributed by atoms with Crippen molar-refractivity contribution < 1.29 is 4.39 Å². The Morgan fingerprint density at radius 2 is 2.19 bits per heavy atom. The molecule has 0 aliphatic heterocycles. The van der Waals surface area contributed by atoms with E-state index in [9.17, 15) is 4.39 Å². The summed E-state index contributed by atoms with van der Waals surface area (Å²) in [5, 5.41) is 16.7. The molecule has 0 unspecified atom stereocenters. The molecule has 0 fully saturated rings. The van der Waals surface area contributed by atoms with Crippen LogP contribution in [0, 0.1) is 5.82 Å². The molecule has 0 atom stereocenters. The van der Waals surface area contributed by atoms with Crippen LogP contribution in [0.4, 0.5) is 4.39 Å². The topological polar surface area (TPSA) is 66.5 Å². The number of benzene rings is 1. The van der Waals surface area contributed by atoms with Gasteiger partial charge < -0.3 is 5.32 Å². The Balaban J connectivity index is 1.89. The lowest BCUT2D eigenvalue weighted by molar-refractivity contribution is 0.617. The summed E-state index contributed by atoms with van der Waals surface area (Å²) in [5.41, 5.74) is 0.772. The highest BCUT2D eigenvalue weighted by Gasteiger charge is 2.00. The Bertz CT molecular complexity index is 439. The molecule has 2 rings (SSSR count). The molecule has 0 radical (unpaired) electrons. The normalized spacial score (nSPS) is 10.6. The molecule has 84 valence electrons. The molecule has 1 aromatic heterocycles. The molecule has 0 bridgehead atoms. The summed E-state index contributed by atoms with van der Waals surface area (Å²) in [6, 6.07) is 4.40. The number of nitrogens with one attached hydrogen (secondary N) is 2. The van der Waals surface area contributed by atoms with Gasteiger partial charge >= 0.3 is 0 Å². The maximum absolute atomic E-state index is 13.0. The van der Waals surface area contributed by atoms with Crippen molar-refractivity contribution >= 4 is 11.6 Å². The number of rotatable bonds is 4. The first kappa shape index (κ1) is 11.0. The summed E-state index contributed by atoms with van der Waals surface area (Å²) in [6.45, 7) is 0.955. The Labute approximate surface area is 96.0 Å². The fourth-order valence-electron chi connectivity index (χ4n) is 1.29. The van der Waals surface area contributed by atoms with Gasteiger partial charge in [-0.2, -0.15) is 5.21 Å². The van der Waals surface area contributed by atoms with Crippen LogP contribution in [0.25, 0.3) is 0 Å². The minimum absolute atomic E-state index is 0.344. The molecule has 16 heavy (non-hydrogen) atoms. The van der Waals surface area contributed by atoms with Crippen molar-refractivity contribution in [2.24, 2.45) is 0 Å². The molecular weight excluding hydrogens is 233 g/mol. The summed E-state index contributed by atoms with van der Waals surface area (Å²) in [7, 11) is 0. The first-order valence-electron chi connectivity index (χ1n) is 4.62. The standard InChI is InChI=1S/C9H9ClFN5/c10-7-1-6(2-8(11)3-7)4-12-5-9-13-15-16-14-9/h1-3,12H,4-5H2,(H,13,14,15,16). The molecule has 0 aliphatic rings. The minimum Gasteiger partial charge on any atom is -0.306 e. The predicted octanol–water partition coefficient (Wildman–Crippen LogP) is 1.28. The molecule has 1 aromatic carbocycles. The van der Waals surface area contributed by atoms with Crippen molar-refractivity contribution in [1.29, 1.82) is 0 Å². The van der Waals surface area contributed by atoms with E-state index in [4.69, 9.17) is 11.6 Å². The minimum atomic E-state index is -0.344. The first-order chi connectivity index (χ1) is 7.74. The van der Waals surface area contributed by atoms with Gasteiger partial charge in [0.25, 0.3) is 0 Å². The Kier molecular flexibility index (Phi) is 3.43. The highest BCUT2D eigenvalue weighted by atomic mass is 35.5. The number of halogens is 2. The van der Waals surface area contributed by atoms with E-state index in [2.05, 4.69) is 25.9 Å². The molecule has 2 N–H and O–H groups in total. The van der Waals surface area contributed by atoms with E-state index in [1.54, 1.807) is 6.07 Å². The van der Waals surface area contributed by atoms with Gasteiger partial charge in [-0.3, -0.25) is 0 Å². The van der Waals surface area contributed by atoms with E-state index >= 15 is 0 Å². The summed E-state index contributed by atoms with van der Waals surface area (Å²) < 4.78 is 13.0. The monoisotopic (exact) mass is 241 g/mol. The van der Waals surface area contributed by atoms with Gasteiger partial charge in [-0.15, -0.1) is 10.2 Å². The van der Waals surface area contributed by atoms with Crippen molar-refractivity contribution in [2.75, 3.05) is 0 Å². The second-order valence-corrected chi connectivity index (χ2v) is 3.65. The largest absolute Gasteiger partial charge is 0.306 e. The fraction of sp³-hybridized carbons (Fsp3) is 0.222. The van der Waals surface area contributed by atoms with Crippen LogP contribution in [0.1, 0.15) is 11.4 Å². The Hall–Kier alpha value is -1.53. The summed E-state index contributed by atoms with van der Waals surface area (Å²) in [5.74, 6) is 0.214. The van der Waals surface area contributed by atoms with Crippen molar-refractivity contribution in [3.05, 3.63) is 40.4 Å². The van der Waals surface area contributed by atoms with Crippen LogP contribution in [0.5, 0.6) is 0 Å². The number of tetrazole rings is 1. The number of aromatic nitrogens is 4. The zero-order valence-corrected chi connectivity index (χ0v) is 9.00. The average Bonchev–Trinajstić information content (AvgIpc) is 2.69. The zero-order valence-electron chi connectivity index (χ0n) is 8.24. The SMILES string of the molecule is Fc1cc(Cl)cc(CNCc2nn[nH]n2)c1. The summed E-state index contributed by atoms with van der Waals surface area (Å²) in [6.07, 6.45) is 0. The number of nitrogens with zero attached hydrogens (tertiary/aromatic N) is 3. The van der Waals surface area contributed by atoms with E-state index in [0.29, 0.717) is 23.9 Å². The Morgan fingerprint density at radius 1 is 1.31 bits per heavy atom. The summed E-state index contributed by atoms with van der Waals surface area (Å²) >= 11 is 5.72. The van der Waals surface area contributed by atoms with Gasteiger partial charge in [0, 0.05) is 11.6 Å². The molecule has 7 heteroatoms. The number of H-pyrrole nitrogens is 1. The van der Waals surface area contributed by atoms with E-state index in [1.165, 1.54) is 12.1 Å². The molecule has 1 heterocycles. The first-order valence-corrected chi connectivity index (χ1v) is 5.00. The van der Waals surface area contributed by atoms with Crippen LogP contribution in [0.15, 0.2) is 18.2 Å². The zero-order chi connectivity index (χ0) is 11.4. The smallest absolute Gasteiger partial charge is 0.188 e. The lowest BCUT2D eigenvalue weighted by atomic mass is 10.2. The molecule has 0 aliphatic carbocycles. The second-order valence-electron chi connectivity index (χ2n) is 3.21. The van der Waals surface area contributed by atoms with Crippen molar-refractivity contribution in [3.8, 4) is 0 Å². The highest BCUT2D eigenvalue weighted by molar-refractivity contribution is 6.30. The van der Waals surface area contributed by atoms with Gasteiger partial charge in [0.15, 0.2) is 5.82 Å². The third-order valence-corrected chi connectivity index (χ3v) is 2.14. The van der Waals surface area contributed by atoms with Gasteiger partial charge in [0.2, 0.25) is 0 Å². The van der Waals surface area contributed by atoms with E-state index < -0.39 is 0 Å². The molecule has 0 amide bonds. The van der Waals surface area contributed by atoms with E-state index in [0.717, 1.165) is 5.56 Å². The second kappa shape index (κ2) is 5.00. The van der Waals surface area contributed by atoms with Gasteiger partial charge in [0.1, 0.15) is 5.82 Å². The molecule has 2 aromatic rings. The summed E-state index contributed by atoms with van der Waals surface area (Å²) in [4.78, 5) is 0.